The fourth-order valence-electron chi connectivity index (χ4n) is 3.07. The van der Waals surface area contributed by atoms with Crippen LogP contribution in [0, 0.1) is 0 Å². The van der Waals surface area contributed by atoms with Gasteiger partial charge in [-0.2, -0.15) is 0 Å². The minimum atomic E-state index is -0.507. The van der Waals surface area contributed by atoms with Crippen molar-refractivity contribution in [2.45, 2.75) is 6.92 Å². The maximum atomic E-state index is 12.3. The molecule has 0 unspecified atom stereocenters. The molecule has 132 valence electrons. The summed E-state index contributed by atoms with van der Waals surface area (Å²) in [5.74, 6) is -0.737. The van der Waals surface area contributed by atoms with Gasteiger partial charge in [0, 0.05) is 57.3 Å². The molecule has 2 heterocycles. The van der Waals surface area contributed by atoms with Crippen molar-refractivity contribution in [1.82, 2.24) is 14.4 Å². The number of carbonyl (C=O) groups excluding carboxylic acids is 3. The summed E-state index contributed by atoms with van der Waals surface area (Å²) in [5.41, 5.74) is 1.38. The van der Waals surface area contributed by atoms with E-state index >= 15 is 0 Å². The minimum absolute atomic E-state index is 0.00878. The molecule has 2 amide bonds. The first-order valence-corrected chi connectivity index (χ1v) is 8.22. The second-order valence-corrected chi connectivity index (χ2v) is 6.13. The Hall–Kier alpha value is -2.83. The molecule has 1 aliphatic heterocycles. The first-order chi connectivity index (χ1) is 12.0. The van der Waals surface area contributed by atoms with Gasteiger partial charge in [-0.1, -0.05) is 18.2 Å². The third-order valence-electron chi connectivity index (χ3n) is 4.52. The van der Waals surface area contributed by atoms with Crippen LogP contribution >= 0.6 is 0 Å². The number of piperazine rings is 1. The molecule has 0 spiro atoms. The number of hydrogen-bond acceptors (Lipinski definition) is 4. The lowest BCUT2D eigenvalue weighted by atomic mass is 10.2. The highest BCUT2D eigenvalue weighted by molar-refractivity contribution is 6.04. The zero-order chi connectivity index (χ0) is 18.0. The number of aryl methyl sites for hydroxylation is 1. The number of esters is 1. The normalized spacial score (nSPS) is 14.6. The van der Waals surface area contributed by atoms with Crippen LogP contribution in [0.4, 0.5) is 0 Å². The largest absolute Gasteiger partial charge is 0.452 e. The van der Waals surface area contributed by atoms with Gasteiger partial charge in [0.2, 0.25) is 5.91 Å². The van der Waals surface area contributed by atoms with Gasteiger partial charge in [-0.15, -0.1) is 0 Å². The van der Waals surface area contributed by atoms with Crippen LogP contribution in [0.15, 0.2) is 30.5 Å². The zero-order valence-corrected chi connectivity index (χ0v) is 14.4. The molecule has 0 bridgehead atoms. The Bertz CT molecular complexity index is 819. The molecule has 0 radical (unpaired) electrons. The molecule has 0 atom stereocenters. The summed E-state index contributed by atoms with van der Waals surface area (Å²) in [5, 5.41) is 0.803. The first kappa shape index (κ1) is 17.0. The Morgan fingerprint density at radius 1 is 1.04 bits per heavy atom. The molecule has 7 nitrogen and oxygen atoms in total. The Morgan fingerprint density at radius 2 is 1.68 bits per heavy atom. The molecule has 2 aromatic rings. The van der Waals surface area contributed by atoms with Crippen molar-refractivity contribution < 1.29 is 19.1 Å². The van der Waals surface area contributed by atoms with Crippen LogP contribution in [-0.4, -0.2) is 64.9 Å². The quantitative estimate of drug-likeness (QED) is 0.780. The third kappa shape index (κ3) is 3.50. The summed E-state index contributed by atoms with van der Waals surface area (Å²) >= 11 is 0. The molecule has 25 heavy (non-hydrogen) atoms. The van der Waals surface area contributed by atoms with E-state index in [0.717, 1.165) is 10.9 Å². The maximum Gasteiger partial charge on any atom is 0.340 e. The SMILES string of the molecule is CC(=O)N1CCN(C(=O)COC(=O)c2cn(C)c3ccccc23)CC1. The van der Waals surface area contributed by atoms with Crippen LogP contribution in [-0.2, 0) is 21.4 Å². The lowest BCUT2D eigenvalue weighted by Gasteiger charge is -2.34. The maximum absolute atomic E-state index is 12.3. The molecule has 0 N–H and O–H groups in total. The van der Waals surface area contributed by atoms with Crippen molar-refractivity contribution in [3.05, 3.63) is 36.0 Å². The van der Waals surface area contributed by atoms with Gasteiger partial charge in [-0.3, -0.25) is 9.59 Å². The molecule has 1 aliphatic rings. The topological polar surface area (TPSA) is 71.9 Å². The summed E-state index contributed by atoms with van der Waals surface area (Å²) in [7, 11) is 1.86. The third-order valence-corrected chi connectivity index (χ3v) is 4.52. The van der Waals surface area contributed by atoms with Crippen molar-refractivity contribution in [1.29, 1.82) is 0 Å². The van der Waals surface area contributed by atoms with Gasteiger partial charge in [0.1, 0.15) is 0 Å². The number of para-hydroxylation sites is 1. The van der Waals surface area contributed by atoms with Gasteiger partial charge in [0.05, 0.1) is 5.56 Å². The van der Waals surface area contributed by atoms with Gasteiger partial charge in [-0.05, 0) is 6.07 Å². The monoisotopic (exact) mass is 343 g/mol. The highest BCUT2D eigenvalue weighted by atomic mass is 16.5. The van der Waals surface area contributed by atoms with Crippen molar-refractivity contribution in [3.63, 3.8) is 0 Å². The van der Waals surface area contributed by atoms with Crippen LogP contribution in [0.1, 0.15) is 17.3 Å². The summed E-state index contributed by atoms with van der Waals surface area (Å²) in [6, 6.07) is 7.54. The van der Waals surface area contributed by atoms with E-state index in [-0.39, 0.29) is 18.4 Å². The zero-order valence-electron chi connectivity index (χ0n) is 14.4. The molecule has 1 fully saturated rings. The van der Waals surface area contributed by atoms with Crippen LogP contribution < -0.4 is 0 Å². The predicted molar refractivity (Wildman–Crippen MR) is 92.0 cm³/mol. The Kier molecular flexibility index (Phi) is 4.74. The minimum Gasteiger partial charge on any atom is -0.452 e. The lowest BCUT2D eigenvalue weighted by molar-refractivity contribution is -0.140. The molecule has 1 saturated heterocycles. The van der Waals surface area contributed by atoms with Gasteiger partial charge in [-0.25, -0.2) is 4.79 Å². The number of carbonyl (C=O) groups is 3. The number of ether oxygens (including phenoxy) is 1. The number of amides is 2. The molecule has 3 rings (SSSR count). The molecular formula is C18H21N3O4. The van der Waals surface area contributed by atoms with Crippen LogP contribution in [0.5, 0.6) is 0 Å². The standard InChI is InChI=1S/C18H21N3O4/c1-13(22)20-7-9-21(10-8-20)17(23)12-25-18(24)15-11-19(2)16-6-4-3-5-14(15)16/h3-6,11H,7-10,12H2,1-2H3. The number of rotatable bonds is 3. The van der Waals surface area contributed by atoms with Gasteiger partial charge in [0.25, 0.3) is 5.91 Å². The van der Waals surface area contributed by atoms with Gasteiger partial charge >= 0.3 is 5.97 Å². The average Bonchev–Trinajstić information content (AvgIpc) is 2.97. The van der Waals surface area contributed by atoms with E-state index in [1.807, 2.05) is 35.9 Å². The van der Waals surface area contributed by atoms with Gasteiger partial charge < -0.3 is 19.1 Å². The van der Waals surface area contributed by atoms with Crippen molar-refractivity contribution >= 4 is 28.7 Å². The van der Waals surface area contributed by atoms with E-state index in [9.17, 15) is 14.4 Å². The van der Waals surface area contributed by atoms with E-state index in [0.29, 0.717) is 31.7 Å². The summed E-state index contributed by atoms with van der Waals surface area (Å²) < 4.78 is 7.07. The lowest BCUT2D eigenvalue weighted by Crippen LogP contribution is -2.51. The number of hydrogen-bond donors (Lipinski definition) is 0. The number of benzene rings is 1. The van der Waals surface area contributed by atoms with E-state index < -0.39 is 5.97 Å². The molecule has 0 aliphatic carbocycles. The highest BCUT2D eigenvalue weighted by Gasteiger charge is 2.24. The van der Waals surface area contributed by atoms with Crippen LogP contribution in [0.3, 0.4) is 0 Å². The summed E-state index contributed by atoms with van der Waals surface area (Å²) in [4.78, 5) is 39.2. The van der Waals surface area contributed by atoms with Crippen molar-refractivity contribution in [2.24, 2.45) is 7.05 Å². The summed E-state index contributed by atoms with van der Waals surface area (Å²) in [6.07, 6.45) is 1.71. The average molecular weight is 343 g/mol. The van der Waals surface area contributed by atoms with E-state index in [1.54, 1.807) is 16.0 Å². The van der Waals surface area contributed by atoms with E-state index in [4.69, 9.17) is 4.74 Å². The number of fused-ring (bicyclic) bond motifs is 1. The summed E-state index contributed by atoms with van der Waals surface area (Å²) in [6.45, 7) is 3.18. The van der Waals surface area contributed by atoms with E-state index in [2.05, 4.69) is 0 Å². The van der Waals surface area contributed by atoms with Crippen molar-refractivity contribution in [2.75, 3.05) is 32.8 Å². The Balaban J connectivity index is 1.59. The fourth-order valence-corrected chi connectivity index (χ4v) is 3.07. The van der Waals surface area contributed by atoms with Crippen molar-refractivity contribution in [3.8, 4) is 0 Å². The molecule has 1 aromatic carbocycles. The van der Waals surface area contributed by atoms with E-state index in [1.165, 1.54) is 6.92 Å². The molecule has 0 saturated carbocycles. The van der Waals surface area contributed by atoms with Crippen LogP contribution in [0.2, 0.25) is 0 Å². The molecule has 1 aromatic heterocycles. The van der Waals surface area contributed by atoms with Crippen LogP contribution in [0.25, 0.3) is 10.9 Å². The number of nitrogens with zero attached hydrogens (tertiary/aromatic N) is 3. The molecular weight excluding hydrogens is 322 g/mol. The Labute approximate surface area is 145 Å². The Morgan fingerprint density at radius 3 is 2.36 bits per heavy atom. The molecule has 7 heteroatoms. The second kappa shape index (κ2) is 6.96. The predicted octanol–water partition coefficient (Wildman–Crippen LogP) is 1.03. The number of aromatic nitrogens is 1. The second-order valence-electron chi connectivity index (χ2n) is 6.13. The fraction of sp³-hybridized carbons (Fsp3) is 0.389. The highest BCUT2D eigenvalue weighted by Crippen LogP contribution is 2.21. The first-order valence-electron chi connectivity index (χ1n) is 8.22. The smallest absolute Gasteiger partial charge is 0.340 e. The van der Waals surface area contributed by atoms with Gasteiger partial charge in [0.15, 0.2) is 6.61 Å².